The number of hydrogen-bond donors (Lipinski definition) is 1. The van der Waals surface area contributed by atoms with Crippen molar-refractivity contribution in [3.05, 3.63) is 45.9 Å². The molecule has 6 nitrogen and oxygen atoms in total. The van der Waals surface area contributed by atoms with E-state index in [0.29, 0.717) is 11.3 Å². The second kappa shape index (κ2) is 7.42. The van der Waals surface area contributed by atoms with Crippen LogP contribution in [-0.4, -0.2) is 41.5 Å². The third kappa shape index (κ3) is 4.30. The van der Waals surface area contributed by atoms with Crippen molar-refractivity contribution in [1.29, 1.82) is 0 Å². The van der Waals surface area contributed by atoms with Gasteiger partial charge in [-0.15, -0.1) is 6.58 Å². The molecule has 1 aromatic heterocycles. The van der Waals surface area contributed by atoms with Crippen LogP contribution in [0.15, 0.2) is 23.5 Å². The van der Waals surface area contributed by atoms with Gasteiger partial charge < -0.3 is 14.6 Å². The number of aromatic nitrogens is 1. The third-order valence-corrected chi connectivity index (χ3v) is 2.84. The van der Waals surface area contributed by atoms with E-state index in [0.717, 1.165) is 0 Å². The highest BCUT2D eigenvalue weighted by Crippen LogP contribution is 2.08. The van der Waals surface area contributed by atoms with E-state index >= 15 is 0 Å². The molecule has 0 aliphatic heterocycles. The van der Waals surface area contributed by atoms with E-state index in [1.165, 1.54) is 11.0 Å². The maximum absolute atomic E-state index is 12.5. The summed E-state index contributed by atoms with van der Waals surface area (Å²) in [5.74, 6) is -1.03. The smallest absolute Gasteiger partial charge is 0.325 e. The molecule has 1 rings (SSSR count). The number of nitrogens with one attached hydrogen (secondary N) is 1. The molecule has 1 heterocycles. The van der Waals surface area contributed by atoms with Gasteiger partial charge in [-0.3, -0.25) is 14.4 Å². The highest BCUT2D eigenvalue weighted by Gasteiger charge is 2.22. The zero-order chi connectivity index (χ0) is 16.0. The first-order valence-corrected chi connectivity index (χ1v) is 6.67. The summed E-state index contributed by atoms with van der Waals surface area (Å²) < 4.78 is 4.83. The Hall–Kier alpha value is -2.37. The van der Waals surface area contributed by atoms with Gasteiger partial charge in [0, 0.05) is 12.2 Å². The summed E-state index contributed by atoms with van der Waals surface area (Å²) in [5, 5.41) is 0. The Morgan fingerprint density at radius 3 is 2.62 bits per heavy atom. The van der Waals surface area contributed by atoms with Gasteiger partial charge >= 0.3 is 5.97 Å². The first kappa shape index (κ1) is 16.7. The van der Waals surface area contributed by atoms with Gasteiger partial charge in [0.05, 0.1) is 6.61 Å². The Morgan fingerprint density at radius 1 is 1.43 bits per heavy atom. The number of aromatic amines is 1. The summed E-state index contributed by atoms with van der Waals surface area (Å²) >= 11 is 0. The molecular formula is C15H20N2O4. The topological polar surface area (TPSA) is 79.5 Å². The van der Waals surface area contributed by atoms with Gasteiger partial charge in [-0.1, -0.05) is 6.08 Å². The fourth-order valence-electron chi connectivity index (χ4n) is 2.02. The number of esters is 1. The van der Waals surface area contributed by atoms with Crippen molar-refractivity contribution in [2.45, 2.75) is 20.8 Å². The van der Waals surface area contributed by atoms with Crippen LogP contribution in [0.3, 0.4) is 0 Å². The highest BCUT2D eigenvalue weighted by molar-refractivity contribution is 5.97. The van der Waals surface area contributed by atoms with Crippen LogP contribution in [0, 0.1) is 13.8 Å². The van der Waals surface area contributed by atoms with Crippen molar-refractivity contribution < 1.29 is 14.3 Å². The normalized spacial score (nSPS) is 10.0. The van der Waals surface area contributed by atoms with Crippen molar-refractivity contribution in [3.8, 4) is 0 Å². The molecule has 0 bridgehead atoms. The van der Waals surface area contributed by atoms with Gasteiger partial charge in [-0.2, -0.15) is 0 Å². The SMILES string of the molecule is C=CCN(CC(=O)OCC)C(=O)c1c(C)cc(C)[nH]c1=O. The van der Waals surface area contributed by atoms with Crippen molar-refractivity contribution >= 4 is 11.9 Å². The molecule has 0 saturated heterocycles. The Labute approximate surface area is 123 Å². The molecule has 0 saturated carbocycles. The van der Waals surface area contributed by atoms with E-state index in [1.54, 1.807) is 26.8 Å². The standard InChI is InChI=1S/C15H20N2O4/c1-5-7-17(9-12(18)21-6-2)15(20)13-10(3)8-11(4)16-14(13)19/h5,8H,1,6-7,9H2,2-4H3,(H,16,19). The number of pyridine rings is 1. The molecule has 0 aliphatic carbocycles. The summed E-state index contributed by atoms with van der Waals surface area (Å²) in [6, 6.07) is 1.71. The minimum Gasteiger partial charge on any atom is -0.465 e. The second-order valence-corrected chi connectivity index (χ2v) is 4.62. The average molecular weight is 292 g/mol. The Bertz CT molecular complexity index is 604. The predicted octanol–water partition coefficient (Wildman–Crippen LogP) is 1.18. The van der Waals surface area contributed by atoms with Crippen LogP contribution >= 0.6 is 0 Å². The lowest BCUT2D eigenvalue weighted by atomic mass is 10.1. The van der Waals surface area contributed by atoms with Crippen molar-refractivity contribution in [2.75, 3.05) is 19.7 Å². The minimum atomic E-state index is -0.520. The van der Waals surface area contributed by atoms with Crippen LogP contribution in [0.25, 0.3) is 0 Å². The number of H-pyrrole nitrogens is 1. The molecule has 6 heteroatoms. The lowest BCUT2D eigenvalue weighted by molar-refractivity contribution is -0.143. The molecule has 0 atom stereocenters. The molecule has 0 spiro atoms. The monoisotopic (exact) mass is 292 g/mol. The zero-order valence-corrected chi connectivity index (χ0v) is 12.6. The van der Waals surface area contributed by atoms with Crippen molar-refractivity contribution in [1.82, 2.24) is 9.88 Å². The maximum atomic E-state index is 12.5. The number of rotatable bonds is 6. The quantitative estimate of drug-likeness (QED) is 0.631. The number of carbonyl (C=O) groups is 2. The molecule has 0 unspecified atom stereocenters. The fourth-order valence-corrected chi connectivity index (χ4v) is 2.02. The molecule has 1 aromatic rings. The Kier molecular flexibility index (Phi) is 5.90. The van der Waals surface area contributed by atoms with Gasteiger partial charge in [0.25, 0.3) is 11.5 Å². The number of carbonyl (C=O) groups excluding carboxylic acids is 2. The lowest BCUT2D eigenvalue weighted by Gasteiger charge is -2.20. The molecule has 1 amide bonds. The molecule has 114 valence electrons. The van der Waals surface area contributed by atoms with Crippen LogP contribution in [0.1, 0.15) is 28.5 Å². The molecule has 0 aromatic carbocycles. The largest absolute Gasteiger partial charge is 0.465 e. The third-order valence-electron chi connectivity index (χ3n) is 2.84. The fraction of sp³-hybridized carbons (Fsp3) is 0.400. The minimum absolute atomic E-state index is 0.0340. The van der Waals surface area contributed by atoms with Crippen LogP contribution in [-0.2, 0) is 9.53 Å². The van der Waals surface area contributed by atoms with Crippen LogP contribution < -0.4 is 5.56 Å². The summed E-state index contributed by atoms with van der Waals surface area (Å²) in [4.78, 5) is 39.8. The van der Waals surface area contributed by atoms with Gasteiger partial charge in [0.1, 0.15) is 12.1 Å². The number of nitrogens with zero attached hydrogens (tertiary/aromatic N) is 1. The second-order valence-electron chi connectivity index (χ2n) is 4.62. The first-order valence-electron chi connectivity index (χ1n) is 6.67. The van der Waals surface area contributed by atoms with Gasteiger partial charge in [0.2, 0.25) is 0 Å². The first-order chi connectivity index (χ1) is 9.90. The Balaban J connectivity index is 3.09. The molecule has 1 N–H and O–H groups in total. The summed E-state index contributed by atoms with van der Waals surface area (Å²) in [7, 11) is 0. The van der Waals surface area contributed by atoms with Gasteiger partial charge in [-0.25, -0.2) is 0 Å². The van der Waals surface area contributed by atoms with E-state index in [9.17, 15) is 14.4 Å². The summed E-state index contributed by atoms with van der Waals surface area (Å²) in [6.07, 6.45) is 1.49. The maximum Gasteiger partial charge on any atom is 0.325 e. The van der Waals surface area contributed by atoms with Crippen LogP contribution in [0.5, 0.6) is 0 Å². The molecule has 0 aliphatic rings. The molecule has 21 heavy (non-hydrogen) atoms. The lowest BCUT2D eigenvalue weighted by Crippen LogP contribution is -2.39. The predicted molar refractivity (Wildman–Crippen MR) is 79.3 cm³/mol. The van der Waals surface area contributed by atoms with Gasteiger partial charge in [0.15, 0.2) is 0 Å². The molecule has 0 fully saturated rings. The number of aryl methyl sites for hydroxylation is 2. The van der Waals surface area contributed by atoms with E-state index in [-0.39, 0.29) is 25.3 Å². The van der Waals surface area contributed by atoms with E-state index in [2.05, 4.69) is 11.6 Å². The molecular weight excluding hydrogens is 272 g/mol. The summed E-state index contributed by atoms with van der Waals surface area (Å²) in [6.45, 7) is 8.84. The van der Waals surface area contributed by atoms with Crippen LogP contribution in [0.4, 0.5) is 0 Å². The number of amides is 1. The molecule has 0 radical (unpaired) electrons. The number of hydrogen-bond acceptors (Lipinski definition) is 4. The van der Waals surface area contributed by atoms with Crippen LogP contribution in [0.2, 0.25) is 0 Å². The van der Waals surface area contributed by atoms with Crippen molar-refractivity contribution in [2.24, 2.45) is 0 Å². The van der Waals surface area contributed by atoms with Crippen molar-refractivity contribution in [3.63, 3.8) is 0 Å². The Morgan fingerprint density at radius 2 is 2.10 bits per heavy atom. The van der Waals surface area contributed by atoms with Gasteiger partial charge in [-0.05, 0) is 32.4 Å². The van der Waals surface area contributed by atoms with E-state index in [1.807, 2.05) is 0 Å². The summed E-state index contributed by atoms with van der Waals surface area (Å²) in [5.41, 5.74) is 0.816. The zero-order valence-electron chi connectivity index (χ0n) is 12.6. The average Bonchev–Trinajstić information content (AvgIpc) is 2.37. The van der Waals surface area contributed by atoms with E-state index < -0.39 is 17.4 Å². The number of ether oxygens (including phenoxy) is 1. The van der Waals surface area contributed by atoms with E-state index in [4.69, 9.17) is 4.74 Å². The highest BCUT2D eigenvalue weighted by atomic mass is 16.5.